The fraction of sp³-hybridized carbons (Fsp3) is 0.917. The molecule has 1 saturated heterocycles. The van der Waals surface area contributed by atoms with Gasteiger partial charge in [0.05, 0.1) is 0 Å². The van der Waals surface area contributed by atoms with Crippen molar-refractivity contribution in [3.05, 3.63) is 0 Å². The predicted octanol–water partition coefficient (Wildman–Crippen LogP) is 2.56. The van der Waals surface area contributed by atoms with E-state index in [2.05, 4.69) is 13.8 Å². The molecular formula is C12H20O2. The molecule has 2 atom stereocenters. The van der Waals surface area contributed by atoms with E-state index in [-0.39, 0.29) is 6.10 Å². The highest BCUT2D eigenvalue weighted by Gasteiger charge is 2.38. The lowest BCUT2D eigenvalue weighted by atomic mass is 9.67. The molecule has 0 N–H and O–H groups in total. The van der Waals surface area contributed by atoms with Crippen LogP contribution < -0.4 is 0 Å². The molecule has 0 aromatic heterocycles. The maximum absolute atomic E-state index is 11.9. The van der Waals surface area contributed by atoms with Crippen LogP contribution in [-0.4, -0.2) is 18.5 Å². The van der Waals surface area contributed by atoms with Crippen LogP contribution >= 0.6 is 0 Å². The van der Waals surface area contributed by atoms with E-state index in [0.717, 1.165) is 19.4 Å². The molecule has 2 aliphatic rings. The van der Waals surface area contributed by atoms with Crippen molar-refractivity contribution in [1.82, 2.24) is 0 Å². The van der Waals surface area contributed by atoms with Crippen molar-refractivity contribution in [2.75, 3.05) is 6.61 Å². The second-order valence-electron chi connectivity index (χ2n) is 5.36. The summed E-state index contributed by atoms with van der Waals surface area (Å²) in [6, 6.07) is 0. The average Bonchev–Trinajstić information content (AvgIpc) is 2.48. The molecule has 80 valence electrons. The molecular weight excluding hydrogens is 176 g/mol. The lowest BCUT2D eigenvalue weighted by molar-refractivity contribution is -0.132. The number of ether oxygens (including phenoxy) is 1. The van der Waals surface area contributed by atoms with Gasteiger partial charge in [0.25, 0.3) is 0 Å². The number of ketones is 1. The van der Waals surface area contributed by atoms with Crippen molar-refractivity contribution < 1.29 is 9.53 Å². The Kier molecular flexibility index (Phi) is 2.65. The van der Waals surface area contributed by atoms with Gasteiger partial charge >= 0.3 is 0 Å². The first-order valence-electron chi connectivity index (χ1n) is 5.75. The van der Waals surface area contributed by atoms with E-state index in [9.17, 15) is 4.79 Å². The second kappa shape index (κ2) is 3.65. The summed E-state index contributed by atoms with van der Waals surface area (Å²) in [5.74, 6) is 0.781. The summed E-state index contributed by atoms with van der Waals surface area (Å²) in [5.41, 5.74) is 0.308. The van der Waals surface area contributed by atoms with Crippen molar-refractivity contribution in [3.8, 4) is 0 Å². The number of carbonyl (C=O) groups excluding carboxylic acids is 1. The van der Waals surface area contributed by atoms with Crippen molar-refractivity contribution in [2.24, 2.45) is 11.3 Å². The van der Waals surface area contributed by atoms with E-state index in [4.69, 9.17) is 4.74 Å². The number of hydrogen-bond acceptors (Lipinski definition) is 2. The van der Waals surface area contributed by atoms with Gasteiger partial charge in [-0.15, -0.1) is 0 Å². The SMILES string of the molecule is CC1CCOC1C(=O)CC1(C)CCC1. The highest BCUT2D eigenvalue weighted by Crippen LogP contribution is 2.44. The molecule has 0 bridgehead atoms. The van der Waals surface area contributed by atoms with Crippen LogP contribution in [-0.2, 0) is 9.53 Å². The summed E-state index contributed by atoms with van der Waals surface area (Å²) in [7, 11) is 0. The number of hydrogen-bond donors (Lipinski definition) is 0. The summed E-state index contributed by atoms with van der Waals surface area (Å²) < 4.78 is 5.49. The molecule has 1 saturated carbocycles. The van der Waals surface area contributed by atoms with Crippen LogP contribution in [0, 0.1) is 11.3 Å². The van der Waals surface area contributed by atoms with Gasteiger partial charge in [-0.1, -0.05) is 20.3 Å². The molecule has 0 spiro atoms. The second-order valence-corrected chi connectivity index (χ2v) is 5.36. The Morgan fingerprint density at radius 2 is 2.21 bits per heavy atom. The van der Waals surface area contributed by atoms with Crippen LogP contribution in [0.2, 0.25) is 0 Å². The first kappa shape index (κ1) is 10.2. The monoisotopic (exact) mass is 196 g/mol. The molecule has 0 radical (unpaired) electrons. The molecule has 2 fully saturated rings. The standard InChI is InChI=1S/C12H20O2/c1-9-4-7-14-11(9)10(13)8-12(2)5-3-6-12/h9,11H,3-8H2,1-2H3. The Morgan fingerprint density at radius 3 is 2.64 bits per heavy atom. The predicted molar refractivity (Wildman–Crippen MR) is 55.1 cm³/mol. The van der Waals surface area contributed by atoms with Crippen LogP contribution in [0.5, 0.6) is 0 Å². The van der Waals surface area contributed by atoms with Crippen LogP contribution in [0.1, 0.15) is 46.0 Å². The average molecular weight is 196 g/mol. The van der Waals surface area contributed by atoms with Gasteiger partial charge in [0.15, 0.2) is 5.78 Å². The van der Waals surface area contributed by atoms with Gasteiger partial charge in [0.2, 0.25) is 0 Å². The van der Waals surface area contributed by atoms with E-state index in [0.29, 0.717) is 17.1 Å². The maximum Gasteiger partial charge on any atom is 0.162 e. The van der Waals surface area contributed by atoms with Gasteiger partial charge in [-0.05, 0) is 30.6 Å². The lowest BCUT2D eigenvalue weighted by Crippen LogP contribution is -2.34. The quantitative estimate of drug-likeness (QED) is 0.693. The number of Topliss-reactive ketones (excluding diaryl/α,β-unsaturated/α-hetero) is 1. The fourth-order valence-electron chi connectivity index (χ4n) is 2.59. The molecule has 1 heterocycles. The Morgan fingerprint density at radius 1 is 1.50 bits per heavy atom. The largest absolute Gasteiger partial charge is 0.370 e. The van der Waals surface area contributed by atoms with Gasteiger partial charge in [0, 0.05) is 13.0 Å². The van der Waals surface area contributed by atoms with Crippen LogP contribution in [0.15, 0.2) is 0 Å². The molecule has 1 aliphatic heterocycles. The van der Waals surface area contributed by atoms with Gasteiger partial charge < -0.3 is 4.74 Å². The molecule has 0 aromatic rings. The van der Waals surface area contributed by atoms with Crippen molar-refractivity contribution in [2.45, 2.75) is 52.1 Å². The minimum Gasteiger partial charge on any atom is -0.370 e. The van der Waals surface area contributed by atoms with E-state index < -0.39 is 0 Å². The molecule has 2 heteroatoms. The van der Waals surface area contributed by atoms with E-state index in [1.807, 2.05) is 0 Å². The van der Waals surface area contributed by atoms with E-state index in [1.165, 1.54) is 19.3 Å². The topological polar surface area (TPSA) is 26.3 Å². The minimum absolute atomic E-state index is 0.0903. The van der Waals surface area contributed by atoms with E-state index >= 15 is 0 Å². The molecule has 2 unspecified atom stereocenters. The minimum atomic E-state index is -0.0903. The first-order chi connectivity index (χ1) is 6.61. The first-order valence-corrected chi connectivity index (χ1v) is 5.75. The Bertz CT molecular complexity index is 230. The summed E-state index contributed by atoms with van der Waals surface area (Å²) in [5, 5.41) is 0. The summed E-state index contributed by atoms with van der Waals surface area (Å²) in [6.45, 7) is 5.13. The van der Waals surface area contributed by atoms with Crippen molar-refractivity contribution >= 4 is 5.78 Å². The van der Waals surface area contributed by atoms with Gasteiger partial charge in [0.1, 0.15) is 6.10 Å². The Balaban J connectivity index is 1.88. The zero-order valence-electron chi connectivity index (χ0n) is 9.21. The maximum atomic E-state index is 11.9. The van der Waals surface area contributed by atoms with Crippen molar-refractivity contribution in [3.63, 3.8) is 0 Å². The van der Waals surface area contributed by atoms with Gasteiger partial charge in [-0.25, -0.2) is 0 Å². The number of rotatable bonds is 3. The molecule has 1 aliphatic carbocycles. The molecule has 0 amide bonds. The molecule has 2 nitrogen and oxygen atoms in total. The summed E-state index contributed by atoms with van der Waals surface area (Å²) >= 11 is 0. The van der Waals surface area contributed by atoms with Crippen molar-refractivity contribution in [1.29, 1.82) is 0 Å². The van der Waals surface area contributed by atoms with Crippen LogP contribution in [0.4, 0.5) is 0 Å². The van der Waals surface area contributed by atoms with E-state index in [1.54, 1.807) is 0 Å². The van der Waals surface area contributed by atoms with Gasteiger partial charge in [-0.3, -0.25) is 4.79 Å². The molecule has 0 aromatic carbocycles. The third-order valence-corrected chi connectivity index (χ3v) is 3.87. The Labute approximate surface area is 86.0 Å². The molecule has 2 rings (SSSR count). The smallest absolute Gasteiger partial charge is 0.162 e. The summed E-state index contributed by atoms with van der Waals surface area (Å²) in [4.78, 5) is 11.9. The Hall–Kier alpha value is -0.370. The highest BCUT2D eigenvalue weighted by atomic mass is 16.5. The normalized spacial score (nSPS) is 35.3. The number of carbonyl (C=O) groups is 1. The van der Waals surface area contributed by atoms with Crippen LogP contribution in [0.25, 0.3) is 0 Å². The highest BCUT2D eigenvalue weighted by molar-refractivity contribution is 5.84. The summed E-state index contributed by atoms with van der Waals surface area (Å²) in [6.07, 6.45) is 5.44. The molecule has 14 heavy (non-hydrogen) atoms. The third kappa shape index (κ3) is 1.85. The van der Waals surface area contributed by atoms with Crippen LogP contribution in [0.3, 0.4) is 0 Å². The lowest BCUT2D eigenvalue weighted by Gasteiger charge is -2.38. The zero-order chi connectivity index (χ0) is 10.2. The third-order valence-electron chi connectivity index (χ3n) is 3.87. The fourth-order valence-corrected chi connectivity index (χ4v) is 2.59. The van der Waals surface area contributed by atoms with Gasteiger partial charge in [-0.2, -0.15) is 0 Å². The zero-order valence-corrected chi connectivity index (χ0v) is 9.21.